The number of carbonyl (C=O) groups is 1. The number of benzene rings is 1. The lowest BCUT2D eigenvalue weighted by molar-refractivity contribution is -0.134. The van der Waals surface area contributed by atoms with Gasteiger partial charge in [-0.2, -0.15) is 0 Å². The van der Waals surface area contributed by atoms with Crippen molar-refractivity contribution in [2.75, 3.05) is 5.73 Å². The summed E-state index contributed by atoms with van der Waals surface area (Å²) in [5.74, 6) is 0.210. The van der Waals surface area contributed by atoms with Crippen LogP contribution in [0.1, 0.15) is 19.8 Å². The van der Waals surface area contributed by atoms with Gasteiger partial charge in [-0.05, 0) is 18.6 Å². The van der Waals surface area contributed by atoms with Gasteiger partial charge in [0.05, 0.1) is 5.69 Å². The lowest BCUT2D eigenvalue weighted by Gasteiger charge is -2.05. The van der Waals surface area contributed by atoms with Crippen molar-refractivity contribution in [2.24, 2.45) is 0 Å². The van der Waals surface area contributed by atoms with Crippen LogP contribution >= 0.6 is 0 Å². The molecule has 0 aliphatic carbocycles. The van der Waals surface area contributed by atoms with Crippen LogP contribution in [0.15, 0.2) is 24.3 Å². The first kappa shape index (κ1) is 9.58. The minimum Gasteiger partial charge on any atom is -0.424 e. The molecule has 0 fully saturated rings. The number of esters is 1. The molecule has 0 saturated carbocycles. The van der Waals surface area contributed by atoms with Gasteiger partial charge in [0.1, 0.15) is 0 Å². The van der Waals surface area contributed by atoms with Crippen LogP contribution in [0.4, 0.5) is 5.69 Å². The molecule has 1 aromatic carbocycles. The number of para-hydroxylation sites is 2. The Kier molecular flexibility index (Phi) is 3.31. The normalized spacial score (nSPS) is 9.62. The first-order chi connectivity index (χ1) is 6.24. The number of hydrogen-bond donors (Lipinski definition) is 1. The van der Waals surface area contributed by atoms with Crippen molar-refractivity contribution in [1.29, 1.82) is 0 Å². The molecule has 0 aliphatic rings. The Hall–Kier alpha value is -1.51. The molecule has 0 heterocycles. The van der Waals surface area contributed by atoms with Crippen molar-refractivity contribution >= 4 is 11.7 Å². The Morgan fingerprint density at radius 2 is 2.15 bits per heavy atom. The van der Waals surface area contributed by atoms with E-state index in [1.165, 1.54) is 0 Å². The highest BCUT2D eigenvalue weighted by atomic mass is 16.5. The van der Waals surface area contributed by atoms with E-state index in [2.05, 4.69) is 0 Å². The summed E-state index contributed by atoms with van der Waals surface area (Å²) in [5, 5.41) is 0. The Bertz CT molecular complexity index is 297. The number of carbonyl (C=O) groups excluding carboxylic acids is 1. The van der Waals surface area contributed by atoms with Gasteiger partial charge in [-0.1, -0.05) is 19.1 Å². The van der Waals surface area contributed by atoms with Gasteiger partial charge in [-0.3, -0.25) is 4.79 Å². The SMILES string of the molecule is CCCC(=O)Oc1ccccc1N. The molecule has 0 unspecified atom stereocenters. The number of hydrogen-bond acceptors (Lipinski definition) is 3. The fraction of sp³-hybridized carbons (Fsp3) is 0.300. The molecule has 70 valence electrons. The average Bonchev–Trinajstić information content (AvgIpc) is 2.09. The number of anilines is 1. The third-order valence-corrected chi connectivity index (χ3v) is 1.60. The van der Waals surface area contributed by atoms with Crippen LogP contribution in [-0.4, -0.2) is 5.97 Å². The summed E-state index contributed by atoms with van der Waals surface area (Å²) in [6.07, 6.45) is 1.21. The van der Waals surface area contributed by atoms with E-state index in [1.54, 1.807) is 24.3 Å². The fourth-order valence-corrected chi connectivity index (χ4v) is 0.951. The summed E-state index contributed by atoms with van der Waals surface area (Å²) < 4.78 is 5.02. The Labute approximate surface area is 77.5 Å². The molecular weight excluding hydrogens is 166 g/mol. The molecule has 0 aliphatic heterocycles. The number of nitrogens with two attached hydrogens (primary N) is 1. The van der Waals surface area contributed by atoms with E-state index in [1.807, 2.05) is 6.92 Å². The van der Waals surface area contributed by atoms with Gasteiger partial charge in [-0.15, -0.1) is 0 Å². The van der Waals surface area contributed by atoms with Gasteiger partial charge in [-0.25, -0.2) is 0 Å². The second kappa shape index (κ2) is 4.50. The van der Waals surface area contributed by atoms with Crippen molar-refractivity contribution in [2.45, 2.75) is 19.8 Å². The van der Waals surface area contributed by atoms with E-state index in [9.17, 15) is 4.79 Å². The van der Waals surface area contributed by atoms with Crippen LogP contribution in [0.2, 0.25) is 0 Å². The molecule has 1 aromatic rings. The van der Waals surface area contributed by atoms with Crippen LogP contribution < -0.4 is 10.5 Å². The third-order valence-electron chi connectivity index (χ3n) is 1.60. The highest BCUT2D eigenvalue weighted by Gasteiger charge is 2.04. The quantitative estimate of drug-likeness (QED) is 0.438. The zero-order chi connectivity index (χ0) is 9.68. The molecule has 13 heavy (non-hydrogen) atoms. The van der Waals surface area contributed by atoms with E-state index in [0.717, 1.165) is 6.42 Å². The second-order valence-corrected chi connectivity index (χ2v) is 2.76. The average molecular weight is 179 g/mol. The van der Waals surface area contributed by atoms with Crippen molar-refractivity contribution in [3.63, 3.8) is 0 Å². The van der Waals surface area contributed by atoms with Crippen molar-refractivity contribution in [3.05, 3.63) is 24.3 Å². The minimum atomic E-state index is -0.236. The molecular formula is C10H13NO2. The Morgan fingerprint density at radius 3 is 2.77 bits per heavy atom. The molecule has 3 nitrogen and oxygen atoms in total. The van der Waals surface area contributed by atoms with E-state index in [-0.39, 0.29) is 5.97 Å². The predicted molar refractivity (Wildman–Crippen MR) is 51.4 cm³/mol. The van der Waals surface area contributed by atoms with Crippen molar-refractivity contribution in [1.82, 2.24) is 0 Å². The van der Waals surface area contributed by atoms with Gasteiger partial charge < -0.3 is 10.5 Å². The molecule has 0 bridgehead atoms. The number of nitrogen functional groups attached to an aromatic ring is 1. The molecule has 0 aromatic heterocycles. The van der Waals surface area contributed by atoms with Gasteiger partial charge in [0.25, 0.3) is 0 Å². The highest BCUT2D eigenvalue weighted by Crippen LogP contribution is 2.20. The zero-order valence-electron chi connectivity index (χ0n) is 7.62. The van der Waals surface area contributed by atoms with E-state index in [4.69, 9.17) is 10.5 Å². The summed E-state index contributed by atoms with van der Waals surface area (Å²) in [4.78, 5) is 11.1. The molecule has 2 N–H and O–H groups in total. The second-order valence-electron chi connectivity index (χ2n) is 2.76. The molecule has 0 atom stereocenters. The zero-order valence-corrected chi connectivity index (χ0v) is 7.62. The lowest BCUT2D eigenvalue weighted by Crippen LogP contribution is -2.08. The maximum Gasteiger partial charge on any atom is 0.311 e. The number of ether oxygens (including phenoxy) is 1. The summed E-state index contributed by atoms with van der Waals surface area (Å²) >= 11 is 0. The van der Waals surface area contributed by atoms with Gasteiger partial charge in [0, 0.05) is 6.42 Å². The van der Waals surface area contributed by atoms with Crippen LogP contribution in [0, 0.1) is 0 Å². The van der Waals surface area contributed by atoms with Crippen LogP contribution in [0.5, 0.6) is 5.75 Å². The topological polar surface area (TPSA) is 52.3 Å². The predicted octanol–water partition coefficient (Wildman–Crippen LogP) is 1.97. The first-order valence-corrected chi connectivity index (χ1v) is 4.29. The summed E-state index contributed by atoms with van der Waals surface area (Å²) in [5.41, 5.74) is 6.08. The van der Waals surface area contributed by atoms with Crippen molar-refractivity contribution < 1.29 is 9.53 Å². The summed E-state index contributed by atoms with van der Waals surface area (Å²) in [6, 6.07) is 6.97. The molecule has 1 rings (SSSR count). The van der Waals surface area contributed by atoms with Crippen LogP contribution in [-0.2, 0) is 4.79 Å². The van der Waals surface area contributed by atoms with Gasteiger partial charge >= 0.3 is 5.97 Å². The molecule has 0 saturated heterocycles. The smallest absolute Gasteiger partial charge is 0.311 e. The molecule has 3 heteroatoms. The first-order valence-electron chi connectivity index (χ1n) is 4.29. The van der Waals surface area contributed by atoms with E-state index in [0.29, 0.717) is 17.9 Å². The number of rotatable bonds is 3. The van der Waals surface area contributed by atoms with Gasteiger partial charge in [0.2, 0.25) is 0 Å². The third kappa shape index (κ3) is 2.78. The Balaban J connectivity index is 2.63. The van der Waals surface area contributed by atoms with Crippen LogP contribution in [0.25, 0.3) is 0 Å². The monoisotopic (exact) mass is 179 g/mol. The lowest BCUT2D eigenvalue weighted by atomic mass is 10.3. The van der Waals surface area contributed by atoms with E-state index >= 15 is 0 Å². The maximum absolute atomic E-state index is 11.1. The summed E-state index contributed by atoms with van der Waals surface area (Å²) in [6.45, 7) is 1.93. The van der Waals surface area contributed by atoms with Gasteiger partial charge in [0.15, 0.2) is 5.75 Å². The highest BCUT2D eigenvalue weighted by molar-refractivity contribution is 5.74. The summed E-state index contributed by atoms with van der Waals surface area (Å²) in [7, 11) is 0. The molecule has 0 amide bonds. The molecule has 0 spiro atoms. The van der Waals surface area contributed by atoms with E-state index < -0.39 is 0 Å². The maximum atomic E-state index is 11.1. The fourth-order valence-electron chi connectivity index (χ4n) is 0.951. The Morgan fingerprint density at radius 1 is 1.46 bits per heavy atom. The van der Waals surface area contributed by atoms with Crippen molar-refractivity contribution in [3.8, 4) is 5.75 Å². The largest absolute Gasteiger partial charge is 0.424 e. The van der Waals surface area contributed by atoms with Crippen LogP contribution in [0.3, 0.4) is 0 Å². The molecule has 0 radical (unpaired) electrons. The minimum absolute atomic E-state index is 0.236. The standard InChI is InChI=1S/C10H13NO2/c1-2-5-10(12)13-9-7-4-3-6-8(9)11/h3-4,6-7H,2,5,11H2,1H3.